The first-order valence-electron chi connectivity index (χ1n) is 10.1. The highest BCUT2D eigenvalue weighted by Crippen LogP contribution is 2.33. The van der Waals surface area contributed by atoms with Crippen LogP contribution in [0.1, 0.15) is 12.5 Å². The van der Waals surface area contributed by atoms with Crippen LogP contribution in [0.3, 0.4) is 0 Å². The highest BCUT2D eigenvalue weighted by atomic mass is 16.6. The number of nitrogens with one attached hydrogen (secondary N) is 3. The van der Waals surface area contributed by atoms with Crippen LogP contribution in [0.4, 0.5) is 17.5 Å². The highest BCUT2D eigenvalue weighted by molar-refractivity contribution is 5.82. The Morgan fingerprint density at radius 2 is 1.65 bits per heavy atom. The molecule has 1 aliphatic heterocycles. The van der Waals surface area contributed by atoms with E-state index in [1.165, 1.54) is 0 Å². The lowest BCUT2D eigenvalue weighted by Gasteiger charge is -2.31. The van der Waals surface area contributed by atoms with Gasteiger partial charge in [-0.1, -0.05) is 18.2 Å². The third kappa shape index (κ3) is 5.19. The van der Waals surface area contributed by atoms with Crippen LogP contribution in [0.15, 0.2) is 54.7 Å². The van der Waals surface area contributed by atoms with Crippen LogP contribution in [0, 0.1) is 6.92 Å². The van der Waals surface area contributed by atoms with Crippen molar-refractivity contribution in [1.29, 1.82) is 0 Å². The van der Waals surface area contributed by atoms with Crippen molar-refractivity contribution >= 4 is 23.4 Å². The maximum Gasteiger partial charge on any atom is 0.265 e. The Morgan fingerprint density at radius 3 is 2.35 bits per heavy atom. The van der Waals surface area contributed by atoms with E-state index < -0.39 is 6.10 Å². The van der Waals surface area contributed by atoms with Crippen molar-refractivity contribution in [3.63, 3.8) is 0 Å². The van der Waals surface area contributed by atoms with Gasteiger partial charge in [0.2, 0.25) is 6.10 Å². The van der Waals surface area contributed by atoms with E-state index in [0.29, 0.717) is 42.0 Å². The van der Waals surface area contributed by atoms with E-state index in [9.17, 15) is 4.79 Å². The topological polar surface area (TPSA) is 110 Å². The molecule has 0 spiro atoms. The Balaban J connectivity index is 1.21. The molecule has 3 heterocycles. The van der Waals surface area contributed by atoms with Gasteiger partial charge in [0, 0.05) is 19.3 Å². The number of aromatic nitrogens is 3. The van der Waals surface area contributed by atoms with E-state index in [2.05, 4.69) is 31.1 Å². The molecule has 0 aliphatic carbocycles. The number of hydrogen-bond acceptors (Lipinski definition) is 8. The van der Waals surface area contributed by atoms with Gasteiger partial charge in [-0.05, 0) is 49.7 Å². The number of hydrogen-bond donors (Lipinski definition) is 3. The summed E-state index contributed by atoms with van der Waals surface area (Å²) >= 11 is 0. The lowest BCUT2D eigenvalue weighted by atomic mass is 10.1. The van der Waals surface area contributed by atoms with E-state index in [4.69, 9.17) is 9.47 Å². The van der Waals surface area contributed by atoms with Gasteiger partial charge in [-0.25, -0.2) is 4.98 Å². The van der Waals surface area contributed by atoms with Crippen molar-refractivity contribution < 1.29 is 14.3 Å². The van der Waals surface area contributed by atoms with E-state index in [1.54, 1.807) is 12.3 Å². The van der Waals surface area contributed by atoms with Gasteiger partial charge >= 0.3 is 0 Å². The lowest BCUT2D eigenvalue weighted by molar-refractivity contribution is -0.133. The average Bonchev–Trinajstić information content (AvgIpc) is 2.78. The summed E-state index contributed by atoms with van der Waals surface area (Å²) in [6, 6.07) is 14.8. The summed E-state index contributed by atoms with van der Waals surface area (Å²) in [7, 11) is 0. The van der Waals surface area contributed by atoms with E-state index in [-0.39, 0.29) is 12.0 Å². The standard InChI is InChI=1S/C22H24N6O3/c1-14-7-8-18(25-13-14)26-20-10-9-19(27-28-20)23-11-12-24-22(29)21-15(2)30-16-5-3-4-6-17(16)31-21/h3-10,13,15,21H,11-12H2,1-2H3,(H,23,27)(H,24,29)(H,25,26,28). The predicted molar refractivity (Wildman–Crippen MR) is 117 cm³/mol. The molecule has 0 bridgehead atoms. The summed E-state index contributed by atoms with van der Waals surface area (Å²) in [5.41, 5.74) is 1.09. The lowest BCUT2D eigenvalue weighted by Crippen LogP contribution is -2.49. The second-order valence-electron chi connectivity index (χ2n) is 7.18. The number of nitrogens with zero attached hydrogens (tertiary/aromatic N) is 3. The molecular formula is C22H24N6O3. The van der Waals surface area contributed by atoms with Crippen molar-refractivity contribution in [2.75, 3.05) is 23.7 Å². The normalized spacial score (nSPS) is 17.0. The monoisotopic (exact) mass is 420 g/mol. The second-order valence-corrected chi connectivity index (χ2v) is 7.18. The third-order valence-corrected chi connectivity index (χ3v) is 4.66. The summed E-state index contributed by atoms with van der Waals surface area (Å²) in [6.45, 7) is 4.69. The smallest absolute Gasteiger partial charge is 0.265 e. The number of aryl methyl sites for hydroxylation is 1. The fourth-order valence-corrected chi connectivity index (χ4v) is 3.05. The molecule has 1 aromatic carbocycles. The van der Waals surface area contributed by atoms with Crippen molar-refractivity contribution in [2.45, 2.75) is 26.1 Å². The molecule has 3 aromatic rings. The number of para-hydroxylation sites is 2. The van der Waals surface area contributed by atoms with Crippen LogP contribution in [0.5, 0.6) is 11.5 Å². The van der Waals surface area contributed by atoms with Gasteiger partial charge < -0.3 is 25.4 Å². The molecule has 9 heteroatoms. The zero-order valence-electron chi connectivity index (χ0n) is 17.3. The van der Waals surface area contributed by atoms with Gasteiger partial charge in [0.25, 0.3) is 5.91 Å². The molecule has 0 saturated carbocycles. The number of anilines is 3. The molecule has 160 valence electrons. The third-order valence-electron chi connectivity index (χ3n) is 4.66. The van der Waals surface area contributed by atoms with Gasteiger partial charge in [0.15, 0.2) is 17.3 Å². The van der Waals surface area contributed by atoms with E-state index in [1.807, 2.05) is 56.3 Å². The van der Waals surface area contributed by atoms with Crippen molar-refractivity contribution in [3.8, 4) is 11.5 Å². The maximum atomic E-state index is 12.5. The zero-order chi connectivity index (χ0) is 21.6. The van der Waals surface area contributed by atoms with Gasteiger partial charge in [-0.15, -0.1) is 10.2 Å². The molecule has 1 amide bonds. The fraction of sp³-hybridized carbons (Fsp3) is 0.273. The number of carbonyl (C=O) groups is 1. The number of pyridine rings is 1. The average molecular weight is 420 g/mol. The largest absolute Gasteiger partial charge is 0.482 e. The first-order valence-corrected chi connectivity index (χ1v) is 10.1. The number of carbonyl (C=O) groups excluding carboxylic acids is 1. The number of fused-ring (bicyclic) bond motifs is 1. The number of benzene rings is 1. The van der Waals surface area contributed by atoms with Crippen LogP contribution >= 0.6 is 0 Å². The summed E-state index contributed by atoms with van der Waals surface area (Å²) in [5.74, 6) is 2.91. The van der Waals surface area contributed by atoms with Gasteiger partial charge in [0.1, 0.15) is 17.7 Å². The molecule has 3 N–H and O–H groups in total. The fourth-order valence-electron chi connectivity index (χ4n) is 3.05. The number of ether oxygens (including phenoxy) is 2. The minimum absolute atomic E-state index is 0.222. The molecule has 0 fully saturated rings. The molecule has 2 atom stereocenters. The summed E-state index contributed by atoms with van der Waals surface area (Å²) in [4.78, 5) is 16.8. The van der Waals surface area contributed by atoms with Crippen LogP contribution < -0.4 is 25.4 Å². The summed E-state index contributed by atoms with van der Waals surface area (Å²) in [6.07, 6.45) is 0.705. The summed E-state index contributed by atoms with van der Waals surface area (Å²) < 4.78 is 11.6. The highest BCUT2D eigenvalue weighted by Gasteiger charge is 2.33. The molecule has 0 radical (unpaired) electrons. The quantitative estimate of drug-likeness (QED) is 0.501. The van der Waals surface area contributed by atoms with Crippen molar-refractivity contribution in [1.82, 2.24) is 20.5 Å². The van der Waals surface area contributed by atoms with E-state index in [0.717, 1.165) is 5.56 Å². The van der Waals surface area contributed by atoms with Crippen LogP contribution in [0.2, 0.25) is 0 Å². The van der Waals surface area contributed by atoms with Crippen LogP contribution in [0.25, 0.3) is 0 Å². The molecule has 0 saturated heterocycles. The zero-order valence-corrected chi connectivity index (χ0v) is 17.3. The van der Waals surface area contributed by atoms with Gasteiger partial charge in [-0.2, -0.15) is 0 Å². The second kappa shape index (κ2) is 9.29. The first-order chi connectivity index (χ1) is 15.1. The number of rotatable bonds is 7. The Bertz CT molecular complexity index is 1030. The molecule has 2 aromatic heterocycles. The van der Waals surface area contributed by atoms with Crippen molar-refractivity contribution in [3.05, 3.63) is 60.3 Å². The van der Waals surface area contributed by atoms with E-state index >= 15 is 0 Å². The molecule has 1 aliphatic rings. The molecular weight excluding hydrogens is 396 g/mol. The molecule has 31 heavy (non-hydrogen) atoms. The predicted octanol–water partition coefficient (Wildman–Crippen LogP) is 2.68. The van der Waals surface area contributed by atoms with Crippen molar-refractivity contribution in [2.24, 2.45) is 0 Å². The van der Waals surface area contributed by atoms with Gasteiger partial charge in [0.05, 0.1) is 0 Å². The maximum absolute atomic E-state index is 12.5. The van der Waals surface area contributed by atoms with Crippen LogP contribution in [-0.4, -0.2) is 46.4 Å². The molecule has 2 unspecified atom stereocenters. The molecule has 4 rings (SSSR count). The molecule has 9 nitrogen and oxygen atoms in total. The first kappa shape index (κ1) is 20.4. The minimum Gasteiger partial charge on any atom is -0.482 e. The number of amides is 1. The summed E-state index contributed by atoms with van der Waals surface area (Å²) in [5, 5.41) is 17.3. The Kier molecular flexibility index (Phi) is 6.11. The van der Waals surface area contributed by atoms with Gasteiger partial charge in [-0.3, -0.25) is 4.79 Å². The SMILES string of the molecule is Cc1ccc(Nc2ccc(NCCNC(=O)C3Oc4ccccc4OC3C)nn2)nc1. The van der Waals surface area contributed by atoms with Crippen LogP contribution in [-0.2, 0) is 4.79 Å². The Morgan fingerprint density at radius 1 is 0.935 bits per heavy atom. The Labute approximate surface area is 180 Å². The minimum atomic E-state index is -0.699. The Hall–Kier alpha value is -3.88.